The number of alkyl halides is 1. The summed E-state index contributed by atoms with van der Waals surface area (Å²) in [5, 5.41) is 9.56. The molecule has 3 nitrogen and oxygen atoms in total. The Morgan fingerprint density at radius 1 is 1.62 bits per heavy atom. The summed E-state index contributed by atoms with van der Waals surface area (Å²) in [6.45, 7) is 1.79. The van der Waals surface area contributed by atoms with E-state index in [9.17, 15) is 9.90 Å². The molecule has 0 fully saturated rings. The van der Waals surface area contributed by atoms with Gasteiger partial charge in [0.15, 0.2) is 5.78 Å². The second-order valence-electron chi connectivity index (χ2n) is 2.75. The van der Waals surface area contributed by atoms with Crippen molar-refractivity contribution >= 4 is 27.4 Å². The third-order valence-corrected chi connectivity index (χ3v) is 2.35. The SMILES string of the molecule is Cc1ccc(O)c(C(=O)CBr)c1N. The van der Waals surface area contributed by atoms with Crippen LogP contribution in [0.15, 0.2) is 12.1 Å². The average molecular weight is 244 g/mol. The van der Waals surface area contributed by atoms with Gasteiger partial charge in [-0.1, -0.05) is 22.0 Å². The van der Waals surface area contributed by atoms with Crippen LogP contribution in [0.4, 0.5) is 5.69 Å². The molecule has 0 atom stereocenters. The van der Waals surface area contributed by atoms with Gasteiger partial charge in [0.1, 0.15) is 5.75 Å². The van der Waals surface area contributed by atoms with Gasteiger partial charge in [-0.05, 0) is 18.6 Å². The molecule has 13 heavy (non-hydrogen) atoms. The standard InChI is InChI=1S/C9H10BrNO2/c1-5-2-3-6(12)8(9(5)11)7(13)4-10/h2-3,12H,4,11H2,1H3. The van der Waals surface area contributed by atoms with Gasteiger partial charge in [0.2, 0.25) is 0 Å². The van der Waals surface area contributed by atoms with Crippen molar-refractivity contribution < 1.29 is 9.90 Å². The molecule has 0 bridgehead atoms. The molecule has 3 N–H and O–H groups in total. The number of phenolic OH excluding ortho intramolecular Hbond substituents is 1. The van der Waals surface area contributed by atoms with Crippen LogP contribution in [0.1, 0.15) is 15.9 Å². The maximum absolute atomic E-state index is 11.3. The van der Waals surface area contributed by atoms with E-state index in [4.69, 9.17) is 5.73 Å². The molecule has 70 valence electrons. The van der Waals surface area contributed by atoms with Crippen molar-refractivity contribution in [1.29, 1.82) is 0 Å². The monoisotopic (exact) mass is 243 g/mol. The molecule has 0 aromatic heterocycles. The van der Waals surface area contributed by atoms with Crippen molar-refractivity contribution in [2.45, 2.75) is 6.92 Å². The van der Waals surface area contributed by atoms with Gasteiger partial charge in [-0.15, -0.1) is 0 Å². The number of rotatable bonds is 2. The topological polar surface area (TPSA) is 63.3 Å². The first-order chi connectivity index (χ1) is 6.07. The zero-order valence-corrected chi connectivity index (χ0v) is 8.76. The van der Waals surface area contributed by atoms with E-state index in [1.54, 1.807) is 13.0 Å². The second kappa shape index (κ2) is 3.79. The van der Waals surface area contributed by atoms with Gasteiger partial charge in [0.05, 0.1) is 10.9 Å². The number of carbonyl (C=O) groups excluding carboxylic acids is 1. The smallest absolute Gasteiger partial charge is 0.179 e. The molecule has 1 aromatic rings. The summed E-state index contributed by atoms with van der Waals surface area (Å²) in [5.41, 5.74) is 7.01. The summed E-state index contributed by atoms with van der Waals surface area (Å²) >= 11 is 3.03. The number of Topliss-reactive ketones (excluding diaryl/α,β-unsaturated/α-hetero) is 1. The van der Waals surface area contributed by atoms with E-state index in [0.717, 1.165) is 5.56 Å². The number of carbonyl (C=O) groups is 1. The van der Waals surface area contributed by atoms with Crippen LogP contribution < -0.4 is 5.73 Å². The summed E-state index contributed by atoms with van der Waals surface area (Å²) in [7, 11) is 0. The first kappa shape index (κ1) is 10.1. The number of phenols is 1. The Morgan fingerprint density at radius 3 is 2.77 bits per heavy atom. The number of aromatic hydroxyl groups is 1. The average Bonchev–Trinajstić information content (AvgIpc) is 2.12. The van der Waals surface area contributed by atoms with Gasteiger partial charge >= 0.3 is 0 Å². The van der Waals surface area contributed by atoms with Crippen molar-refractivity contribution in [3.63, 3.8) is 0 Å². The first-order valence-electron chi connectivity index (χ1n) is 3.75. The summed E-state index contributed by atoms with van der Waals surface area (Å²) in [6.07, 6.45) is 0. The Kier molecular flexibility index (Phi) is 2.93. The Balaban J connectivity index is 3.33. The minimum Gasteiger partial charge on any atom is -0.507 e. The number of anilines is 1. The number of halogens is 1. The number of benzene rings is 1. The molecule has 0 radical (unpaired) electrons. The minimum atomic E-state index is -0.210. The molecule has 0 heterocycles. The Labute approximate surface area is 84.7 Å². The zero-order valence-electron chi connectivity index (χ0n) is 7.17. The van der Waals surface area contributed by atoms with Crippen molar-refractivity contribution in [2.24, 2.45) is 0 Å². The highest BCUT2D eigenvalue weighted by molar-refractivity contribution is 9.09. The molecule has 0 amide bonds. The zero-order chi connectivity index (χ0) is 10.0. The van der Waals surface area contributed by atoms with Crippen molar-refractivity contribution in [1.82, 2.24) is 0 Å². The molecular formula is C9H10BrNO2. The van der Waals surface area contributed by atoms with Crippen LogP contribution in [0, 0.1) is 6.92 Å². The van der Waals surface area contributed by atoms with Crippen LogP contribution in [0.3, 0.4) is 0 Å². The van der Waals surface area contributed by atoms with Crippen LogP contribution >= 0.6 is 15.9 Å². The highest BCUT2D eigenvalue weighted by Crippen LogP contribution is 2.27. The lowest BCUT2D eigenvalue weighted by Crippen LogP contribution is -2.06. The van der Waals surface area contributed by atoms with Crippen LogP contribution in [0.5, 0.6) is 5.75 Å². The molecule has 0 spiro atoms. The van der Waals surface area contributed by atoms with E-state index >= 15 is 0 Å². The second-order valence-corrected chi connectivity index (χ2v) is 3.31. The van der Waals surface area contributed by atoms with Crippen molar-refractivity contribution in [2.75, 3.05) is 11.1 Å². The normalized spacial score (nSPS) is 10.0. The van der Waals surface area contributed by atoms with Gasteiger partial charge < -0.3 is 10.8 Å². The van der Waals surface area contributed by atoms with Crippen LogP contribution in [-0.4, -0.2) is 16.2 Å². The summed E-state index contributed by atoms with van der Waals surface area (Å²) in [6, 6.07) is 3.15. The predicted molar refractivity (Wildman–Crippen MR) is 55.4 cm³/mol. The molecule has 0 aliphatic carbocycles. The third-order valence-electron chi connectivity index (χ3n) is 1.84. The maximum atomic E-state index is 11.3. The van der Waals surface area contributed by atoms with Crippen LogP contribution in [0.2, 0.25) is 0 Å². The number of hydrogen-bond donors (Lipinski definition) is 2. The van der Waals surface area contributed by atoms with Crippen molar-refractivity contribution in [3.8, 4) is 5.75 Å². The molecule has 0 aliphatic rings. The first-order valence-corrected chi connectivity index (χ1v) is 4.87. The molecule has 1 aromatic carbocycles. The number of nitrogen functional groups attached to an aromatic ring is 1. The Hall–Kier alpha value is -1.03. The van der Waals surface area contributed by atoms with Gasteiger partial charge in [-0.2, -0.15) is 0 Å². The molecule has 0 saturated carbocycles. The maximum Gasteiger partial charge on any atom is 0.179 e. The molecule has 0 aliphatic heterocycles. The largest absolute Gasteiger partial charge is 0.507 e. The fraction of sp³-hybridized carbons (Fsp3) is 0.222. The quantitative estimate of drug-likeness (QED) is 0.474. The Bertz CT molecular complexity index is 350. The highest BCUT2D eigenvalue weighted by Gasteiger charge is 2.14. The lowest BCUT2D eigenvalue weighted by atomic mass is 10.0. The van der Waals surface area contributed by atoms with E-state index in [2.05, 4.69) is 15.9 Å². The third kappa shape index (κ3) is 1.83. The summed E-state index contributed by atoms with van der Waals surface area (Å²) < 4.78 is 0. The summed E-state index contributed by atoms with van der Waals surface area (Å²) in [5.74, 6) is -0.272. The molecule has 0 unspecified atom stereocenters. The van der Waals surface area contributed by atoms with E-state index in [1.165, 1.54) is 6.07 Å². The van der Waals surface area contributed by atoms with E-state index in [-0.39, 0.29) is 22.4 Å². The molecule has 1 rings (SSSR count). The highest BCUT2D eigenvalue weighted by atomic mass is 79.9. The van der Waals surface area contributed by atoms with Gasteiger partial charge in [0.25, 0.3) is 0 Å². The molecule has 4 heteroatoms. The number of nitrogens with two attached hydrogens (primary N) is 1. The molecule has 0 saturated heterocycles. The number of aryl methyl sites for hydroxylation is 1. The van der Waals surface area contributed by atoms with E-state index < -0.39 is 0 Å². The Morgan fingerprint density at radius 2 is 2.23 bits per heavy atom. The van der Waals surface area contributed by atoms with Gasteiger partial charge in [-0.25, -0.2) is 0 Å². The number of ketones is 1. The lowest BCUT2D eigenvalue weighted by molar-refractivity contribution is 0.102. The minimum absolute atomic E-state index is 0.0625. The lowest BCUT2D eigenvalue weighted by Gasteiger charge is -2.07. The van der Waals surface area contributed by atoms with Gasteiger partial charge in [0, 0.05) is 5.69 Å². The van der Waals surface area contributed by atoms with Crippen molar-refractivity contribution in [3.05, 3.63) is 23.3 Å². The predicted octanol–water partition coefficient (Wildman–Crippen LogP) is 1.86. The summed E-state index contributed by atoms with van der Waals surface area (Å²) in [4.78, 5) is 11.3. The number of hydrogen-bond acceptors (Lipinski definition) is 3. The fourth-order valence-corrected chi connectivity index (χ4v) is 1.35. The van der Waals surface area contributed by atoms with Crippen LogP contribution in [0.25, 0.3) is 0 Å². The van der Waals surface area contributed by atoms with Gasteiger partial charge in [-0.3, -0.25) is 4.79 Å². The van der Waals surface area contributed by atoms with E-state index in [1.807, 2.05) is 0 Å². The fourth-order valence-electron chi connectivity index (χ4n) is 1.07. The van der Waals surface area contributed by atoms with E-state index in [0.29, 0.717) is 5.69 Å². The molecular weight excluding hydrogens is 234 g/mol. The van der Waals surface area contributed by atoms with Crippen LogP contribution in [-0.2, 0) is 0 Å².